The van der Waals surface area contributed by atoms with Crippen LogP contribution in [0.2, 0.25) is 0 Å². The molecule has 3 N–H and O–H groups in total. The zero-order valence-corrected chi connectivity index (χ0v) is 12.3. The normalized spacial score (nSPS) is 11.8. The largest absolute Gasteiger partial charge is 0.490 e. The fourth-order valence-corrected chi connectivity index (χ4v) is 2.47. The summed E-state index contributed by atoms with van der Waals surface area (Å²) in [6, 6.07) is 4.45. The Kier molecular flexibility index (Phi) is 5.59. The van der Waals surface area contributed by atoms with Gasteiger partial charge in [-0.05, 0) is 26.2 Å². The molecule has 19 heavy (non-hydrogen) atoms. The monoisotopic (exact) mass is 287 g/mol. The number of likely N-dealkylation sites (N-methyl/N-ethyl adjacent to an activating group) is 1. The molecule has 0 atom stereocenters. The van der Waals surface area contributed by atoms with Gasteiger partial charge in [-0.1, -0.05) is 6.92 Å². The maximum atomic E-state index is 11.9. The molecule has 0 aromatic heterocycles. The predicted molar refractivity (Wildman–Crippen MR) is 75.8 cm³/mol. The lowest BCUT2D eigenvalue weighted by Gasteiger charge is -2.13. The number of hydrogen-bond donors (Lipinski definition) is 2. The average molecular weight is 287 g/mol. The topological polar surface area (TPSA) is 84.7 Å². The number of rotatable bonds is 7. The summed E-state index contributed by atoms with van der Waals surface area (Å²) in [7, 11) is 0.372. The minimum absolute atomic E-state index is 0.156. The van der Waals surface area contributed by atoms with Crippen LogP contribution in [0, 0.1) is 0 Å². The van der Waals surface area contributed by atoms with Crippen LogP contribution in [0.1, 0.15) is 6.92 Å². The van der Waals surface area contributed by atoms with Crippen LogP contribution in [0.15, 0.2) is 23.1 Å². The fraction of sp³-hybridized carbons (Fsp3) is 0.500. The van der Waals surface area contributed by atoms with E-state index in [1.54, 1.807) is 6.92 Å². The van der Waals surface area contributed by atoms with Gasteiger partial charge in [0.25, 0.3) is 0 Å². The first-order valence-electron chi connectivity index (χ1n) is 6.03. The Labute approximate surface area is 114 Å². The van der Waals surface area contributed by atoms with Crippen molar-refractivity contribution in [2.24, 2.45) is 0 Å². The van der Waals surface area contributed by atoms with Gasteiger partial charge in [-0.25, -0.2) is 13.1 Å². The highest BCUT2D eigenvalue weighted by Gasteiger charge is 2.14. The van der Waals surface area contributed by atoms with E-state index < -0.39 is 10.0 Å². The third kappa shape index (κ3) is 4.70. The summed E-state index contributed by atoms with van der Waals surface area (Å²) in [5.41, 5.74) is 6.19. The summed E-state index contributed by atoms with van der Waals surface area (Å²) >= 11 is 0. The van der Waals surface area contributed by atoms with Gasteiger partial charge in [0.1, 0.15) is 12.4 Å². The standard InChI is InChI=1S/C12H21N3O3S/c1-4-14-19(16,17)10-5-6-11(13)12(9-10)18-8-7-15(2)3/h5-6,9,14H,4,7-8,13H2,1-3H3. The summed E-state index contributed by atoms with van der Waals surface area (Å²) < 4.78 is 31.7. The second-order valence-corrected chi connectivity index (χ2v) is 6.12. The zero-order chi connectivity index (χ0) is 14.5. The smallest absolute Gasteiger partial charge is 0.240 e. The molecule has 1 rings (SSSR count). The molecule has 0 saturated heterocycles. The van der Waals surface area contributed by atoms with Gasteiger partial charge in [-0.3, -0.25) is 0 Å². The number of nitrogens with zero attached hydrogens (tertiary/aromatic N) is 1. The molecule has 108 valence electrons. The van der Waals surface area contributed by atoms with E-state index in [2.05, 4.69) is 4.72 Å². The van der Waals surface area contributed by atoms with Gasteiger partial charge in [0.2, 0.25) is 10.0 Å². The van der Waals surface area contributed by atoms with Crippen molar-refractivity contribution in [2.75, 3.05) is 39.5 Å². The number of sulfonamides is 1. The lowest BCUT2D eigenvalue weighted by molar-refractivity contribution is 0.262. The Morgan fingerprint density at radius 1 is 1.37 bits per heavy atom. The van der Waals surface area contributed by atoms with Crippen LogP contribution in [0.4, 0.5) is 5.69 Å². The maximum absolute atomic E-state index is 11.9. The second kappa shape index (κ2) is 6.74. The van der Waals surface area contributed by atoms with E-state index in [1.165, 1.54) is 18.2 Å². The van der Waals surface area contributed by atoms with E-state index in [1.807, 2.05) is 19.0 Å². The number of nitrogens with two attached hydrogens (primary N) is 1. The molecular formula is C12H21N3O3S. The van der Waals surface area contributed by atoms with E-state index in [0.29, 0.717) is 24.6 Å². The summed E-state index contributed by atoms with van der Waals surface area (Å²) in [5, 5.41) is 0. The number of ether oxygens (including phenoxy) is 1. The van der Waals surface area contributed by atoms with Crippen LogP contribution in [0.3, 0.4) is 0 Å². The van der Waals surface area contributed by atoms with Crippen LogP contribution in [0.5, 0.6) is 5.75 Å². The third-order valence-electron chi connectivity index (χ3n) is 2.43. The second-order valence-electron chi connectivity index (χ2n) is 4.35. The molecule has 6 nitrogen and oxygen atoms in total. The Hall–Kier alpha value is -1.31. The molecule has 0 aliphatic carbocycles. The molecular weight excluding hydrogens is 266 g/mol. The molecule has 7 heteroatoms. The molecule has 0 bridgehead atoms. The number of nitrogen functional groups attached to an aromatic ring is 1. The van der Waals surface area contributed by atoms with Crippen LogP contribution in [-0.4, -0.2) is 47.1 Å². The Morgan fingerprint density at radius 2 is 2.05 bits per heavy atom. The predicted octanol–water partition coefficient (Wildman–Crippen LogP) is 0.507. The third-order valence-corrected chi connectivity index (χ3v) is 3.97. The highest BCUT2D eigenvalue weighted by atomic mass is 32.2. The molecule has 0 unspecified atom stereocenters. The molecule has 0 aliphatic rings. The summed E-state index contributed by atoms with van der Waals surface area (Å²) in [6.45, 7) is 3.23. The molecule has 1 aromatic carbocycles. The van der Waals surface area contributed by atoms with Gasteiger partial charge in [-0.2, -0.15) is 0 Å². The van der Waals surface area contributed by atoms with Crippen LogP contribution >= 0.6 is 0 Å². The van der Waals surface area contributed by atoms with Crippen molar-refractivity contribution in [2.45, 2.75) is 11.8 Å². The van der Waals surface area contributed by atoms with Crippen molar-refractivity contribution >= 4 is 15.7 Å². The minimum Gasteiger partial charge on any atom is -0.490 e. The molecule has 0 radical (unpaired) electrons. The summed E-state index contributed by atoms with van der Waals surface area (Å²) in [5.74, 6) is 0.390. The van der Waals surface area contributed by atoms with Gasteiger partial charge in [0.05, 0.1) is 10.6 Å². The first-order valence-corrected chi connectivity index (χ1v) is 7.52. The Bertz CT molecular complexity index is 515. The van der Waals surface area contributed by atoms with Gasteiger partial charge in [0.15, 0.2) is 0 Å². The van der Waals surface area contributed by atoms with Gasteiger partial charge < -0.3 is 15.4 Å². The van der Waals surface area contributed by atoms with Crippen molar-refractivity contribution in [3.63, 3.8) is 0 Å². The molecule has 0 aliphatic heterocycles. The molecule has 0 saturated carbocycles. The van der Waals surface area contributed by atoms with Crippen LogP contribution in [0.25, 0.3) is 0 Å². The molecule has 0 amide bonds. The number of nitrogens with one attached hydrogen (secondary N) is 1. The first kappa shape index (κ1) is 15.7. The fourth-order valence-electron chi connectivity index (χ4n) is 1.42. The number of anilines is 1. The summed E-state index contributed by atoms with van der Waals surface area (Å²) in [6.07, 6.45) is 0. The molecule has 0 fully saturated rings. The first-order chi connectivity index (χ1) is 8.86. The van der Waals surface area contributed by atoms with Gasteiger partial charge in [-0.15, -0.1) is 0 Å². The van der Waals surface area contributed by atoms with E-state index in [4.69, 9.17) is 10.5 Å². The van der Waals surface area contributed by atoms with Crippen LogP contribution < -0.4 is 15.2 Å². The molecule has 1 aromatic rings. The molecule has 0 heterocycles. The van der Waals surface area contributed by atoms with Crippen LogP contribution in [-0.2, 0) is 10.0 Å². The van der Waals surface area contributed by atoms with Crippen molar-refractivity contribution in [3.05, 3.63) is 18.2 Å². The molecule has 0 spiro atoms. The van der Waals surface area contributed by atoms with E-state index in [9.17, 15) is 8.42 Å². The van der Waals surface area contributed by atoms with Crippen molar-refractivity contribution in [1.82, 2.24) is 9.62 Å². The van der Waals surface area contributed by atoms with Crippen molar-refractivity contribution in [1.29, 1.82) is 0 Å². The zero-order valence-electron chi connectivity index (χ0n) is 11.5. The van der Waals surface area contributed by atoms with E-state index >= 15 is 0 Å². The summed E-state index contributed by atoms with van der Waals surface area (Å²) in [4.78, 5) is 2.12. The number of hydrogen-bond acceptors (Lipinski definition) is 5. The van der Waals surface area contributed by atoms with Gasteiger partial charge >= 0.3 is 0 Å². The Morgan fingerprint density at radius 3 is 2.63 bits per heavy atom. The van der Waals surface area contributed by atoms with Crippen molar-refractivity contribution in [3.8, 4) is 5.75 Å². The van der Waals surface area contributed by atoms with E-state index in [0.717, 1.165) is 6.54 Å². The van der Waals surface area contributed by atoms with Crippen molar-refractivity contribution < 1.29 is 13.2 Å². The average Bonchev–Trinajstić information content (AvgIpc) is 2.30. The lowest BCUT2D eigenvalue weighted by Crippen LogP contribution is -2.23. The highest BCUT2D eigenvalue weighted by molar-refractivity contribution is 7.89. The Balaban J connectivity index is 2.88. The minimum atomic E-state index is -3.49. The lowest BCUT2D eigenvalue weighted by atomic mass is 10.3. The highest BCUT2D eigenvalue weighted by Crippen LogP contribution is 2.25. The number of benzene rings is 1. The van der Waals surface area contributed by atoms with E-state index in [-0.39, 0.29) is 4.90 Å². The SMILES string of the molecule is CCNS(=O)(=O)c1ccc(N)c(OCCN(C)C)c1. The maximum Gasteiger partial charge on any atom is 0.240 e. The van der Waals surface area contributed by atoms with Gasteiger partial charge in [0, 0.05) is 19.2 Å². The quantitative estimate of drug-likeness (QED) is 0.714.